The van der Waals surface area contributed by atoms with Crippen LogP contribution in [-0.4, -0.2) is 6.54 Å². The Bertz CT molecular complexity index is 518. The first-order valence-electron chi connectivity index (χ1n) is 5.86. The fourth-order valence-corrected chi connectivity index (χ4v) is 2.15. The van der Waals surface area contributed by atoms with Crippen LogP contribution in [0.5, 0.6) is 0 Å². The number of halogens is 2. The van der Waals surface area contributed by atoms with Crippen molar-refractivity contribution in [3.63, 3.8) is 0 Å². The molecule has 0 fully saturated rings. The highest BCUT2D eigenvalue weighted by atomic mass is 35.5. The van der Waals surface area contributed by atoms with Gasteiger partial charge in [-0.05, 0) is 60.5 Å². The van der Waals surface area contributed by atoms with E-state index in [-0.39, 0.29) is 11.9 Å². The van der Waals surface area contributed by atoms with Crippen molar-refractivity contribution in [2.45, 2.75) is 19.9 Å². The molecular weight excluding hydrogens is 253 g/mol. The van der Waals surface area contributed by atoms with Crippen LogP contribution in [-0.2, 0) is 0 Å². The van der Waals surface area contributed by atoms with Crippen LogP contribution in [0.25, 0.3) is 0 Å². The molecule has 1 N–H and O–H groups in total. The SMILES string of the molecule is CCNC(c1cc(C)cc(F)c1)c1ccc(Cl)o1. The van der Waals surface area contributed by atoms with Gasteiger partial charge in [0.05, 0.1) is 6.04 Å². The van der Waals surface area contributed by atoms with Crippen LogP contribution in [0.15, 0.2) is 34.7 Å². The average molecular weight is 268 g/mol. The van der Waals surface area contributed by atoms with Gasteiger partial charge >= 0.3 is 0 Å². The molecule has 0 aliphatic rings. The van der Waals surface area contributed by atoms with Crippen molar-refractivity contribution < 1.29 is 8.81 Å². The number of benzene rings is 1. The van der Waals surface area contributed by atoms with Gasteiger partial charge in [-0.15, -0.1) is 0 Å². The second-order valence-electron chi connectivity index (χ2n) is 4.19. The van der Waals surface area contributed by atoms with Crippen LogP contribution in [0.4, 0.5) is 4.39 Å². The summed E-state index contributed by atoms with van der Waals surface area (Å²) in [5.41, 5.74) is 1.71. The van der Waals surface area contributed by atoms with E-state index in [1.165, 1.54) is 12.1 Å². The van der Waals surface area contributed by atoms with E-state index in [9.17, 15) is 4.39 Å². The minimum absolute atomic E-state index is 0.183. The van der Waals surface area contributed by atoms with Gasteiger partial charge < -0.3 is 9.73 Å². The summed E-state index contributed by atoms with van der Waals surface area (Å²) in [4.78, 5) is 0. The standard InChI is InChI=1S/C14H15ClFNO/c1-3-17-14(12-4-5-13(15)18-12)10-6-9(2)7-11(16)8-10/h4-8,14,17H,3H2,1-2H3. The maximum absolute atomic E-state index is 13.5. The number of rotatable bonds is 4. The second-order valence-corrected chi connectivity index (χ2v) is 4.57. The van der Waals surface area contributed by atoms with Crippen LogP contribution >= 0.6 is 11.6 Å². The predicted octanol–water partition coefficient (Wildman–Crippen LogP) is 4.08. The summed E-state index contributed by atoms with van der Waals surface area (Å²) < 4.78 is 18.9. The molecule has 2 nitrogen and oxygen atoms in total. The van der Waals surface area contributed by atoms with Crippen molar-refractivity contribution in [3.05, 3.63) is 58.3 Å². The summed E-state index contributed by atoms with van der Waals surface area (Å²) in [6, 6.07) is 8.26. The monoisotopic (exact) mass is 267 g/mol. The summed E-state index contributed by atoms with van der Waals surface area (Å²) in [7, 11) is 0. The van der Waals surface area contributed by atoms with Gasteiger partial charge in [-0.25, -0.2) is 4.39 Å². The molecule has 0 spiro atoms. The zero-order valence-corrected chi connectivity index (χ0v) is 11.1. The van der Waals surface area contributed by atoms with Gasteiger partial charge in [0.25, 0.3) is 0 Å². The molecule has 0 radical (unpaired) electrons. The summed E-state index contributed by atoms with van der Waals surface area (Å²) in [6.45, 7) is 4.60. The van der Waals surface area contributed by atoms with Gasteiger partial charge in [0, 0.05) is 0 Å². The molecule has 0 bridgehead atoms. The Morgan fingerprint density at radius 2 is 2.11 bits per heavy atom. The lowest BCUT2D eigenvalue weighted by molar-refractivity contribution is 0.452. The smallest absolute Gasteiger partial charge is 0.193 e. The fraction of sp³-hybridized carbons (Fsp3) is 0.286. The number of hydrogen-bond donors (Lipinski definition) is 1. The van der Waals surface area contributed by atoms with E-state index in [2.05, 4.69) is 5.32 Å². The molecule has 0 saturated heterocycles. The lowest BCUT2D eigenvalue weighted by Gasteiger charge is -2.16. The largest absolute Gasteiger partial charge is 0.448 e. The summed E-state index contributed by atoms with van der Waals surface area (Å²) in [5.74, 6) is 0.442. The Labute approximate surface area is 111 Å². The Morgan fingerprint density at radius 3 is 2.67 bits per heavy atom. The number of furan rings is 1. The highest BCUT2D eigenvalue weighted by Crippen LogP contribution is 2.27. The molecule has 1 unspecified atom stereocenters. The number of nitrogens with one attached hydrogen (secondary N) is 1. The number of aryl methyl sites for hydroxylation is 1. The Balaban J connectivity index is 2.40. The maximum Gasteiger partial charge on any atom is 0.193 e. The predicted molar refractivity (Wildman–Crippen MR) is 70.4 cm³/mol. The van der Waals surface area contributed by atoms with E-state index in [1.807, 2.05) is 19.9 Å². The molecule has 0 amide bonds. The van der Waals surface area contributed by atoms with E-state index in [0.717, 1.165) is 17.7 Å². The quantitative estimate of drug-likeness (QED) is 0.903. The minimum atomic E-state index is -0.245. The molecule has 0 aliphatic carbocycles. The maximum atomic E-state index is 13.5. The lowest BCUT2D eigenvalue weighted by Crippen LogP contribution is -2.21. The highest BCUT2D eigenvalue weighted by Gasteiger charge is 2.17. The molecule has 18 heavy (non-hydrogen) atoms. The summed E-state index contributed by atoms with van der Waals surface area (Å²) >= 11 is 5.79. The highest BCUT2D eigenvalue weighted by molar-refractivity contribution is 6.28. The minimum Gasteiger partial charge on any atom is -0.448 e. The van der Waals surface area contributed by atoms with Crippen molar-refractivity contribution in [1.29, 1.82) is 0 Å². The van der Waals surface area contributed by atoms with E-state index in [4.69, 9.17) is 16.0 Å². The summed E-state index contributed by atoms with van der Waals surface area (Å²) in [6.07, 6.45) is 0. The Kier molecular flexibility index (Phi) is 4.04. The van der Waals surface area contributed by atoms with E-state index >= 15 is 0 Å². The molecule has 96 valence electrons. The van der Waals surface area contributed by atoms with Crippen molar-refractivity contribution in [3.8, 4) is 0 Å². The van der Waals surface area contributed by atoms with Crippen molar-refractivity contribution in [2.75, 3.05) is 6.54 Å². The first-order valence-corrected chi connectivity index (χ1v) is 6.23. The first kappa shape index (κ1) is 13.1. The molecular formula is C14H15ClFNO. The average Bonchev–Trinajstić information content (AvgIpc) is 2.71. The second kappa shape index (κ2) is 5.55. The van der Waals surface area contributed by atoms with Crippen LogP contribution in [0, 0.1) is 12.7 Å². The summed E-state index contributed by atoms with van der Waals surface area (Å²) in [5, 5.41) is 3.60. The third-order valence-electron chi connectivity index (χ3n) is 2.68. The zero-order valence-electron chi connectivity index (χ0n) is 10.3. The van der Waals surface area contributed by atoms with Gasteiger partial charge in [0.1, 0.15) is 11.6 Å². The molecule has 1 heterocycles. The number of hydrogen-bond acceptors (Lipinski definition) is 2. The molecule has 1 atom stereocenters. The van der Waals surface area contributed by atoms with Crippen LogP contribution < -0.4 is 5.32 Å². The topological polar surface area (TPSA) is 25.2 Å². The van der Waals surface area contributed by atoms with Crippen LogP contribution in [0.3, 0.4) is 0 Å². The third-order valence-corrected chi connectivity index (χ3v) is 2.89. The van der Waals surface area contributed by atoms with Crippen LogP contribution in [0.1, 0.15) is 29.9 Å². The van der Waals surface area contributed by atoms with Gasteiger partial charge in [0.15, 0.2) is 5.22 Å². The molecule has 1 aromatic heterocycles. The fourth-order valence-electron chi connectivity index (χ4n) is 2.00. The normalized spacial score (nSPS) is 12.7. The van der Waals surface area contributed by atoms with E-state index in [0.29, 0.717) is 11.0 Å². The van der Waals surface area contributed by atoms with Gasteiger partial charge in [-0.2, -0.15) is 0 Å². The molecule has 2 rings (SSSR count). The lowest BCUT2D eigenvalue weighted by atomic mass is 10.0. The molecule has 0 saturated carbocycles. The van der Waals surface area contributed by atoms with Gasteiger partial charge in [-0.3, -0.25) is 0 Å². The first-order chi connectivity index (χ1) is 8.60. The van der Waals surface area contributed by atoms with Gasteiger partial charge in [0.2, 0.25) is 0 Å². The van der Waals surface area contributed by atoms with Crippen molar-refractivity contribution in [2.24, 2.45) is 0 Å². The molecule has 2 aromatic rings. The molecule has 4 heteroatoms. The molecule has 0 aliphatic heterocycles. The zero-order chi connectivity index (χ0) is 13.1. The van der Waals surface area contributed by atoms with E-state index in [1.54, 1.807) is 12.1 Å². The third kappa shape index (κ3) is 2.92. The molecule has 1 aromatic carbocycles. The Hall–Kier alpha value is -1.32. The van der Waals surface area contributed by atoms with Crippen LogP contribution in [0.2, 0.25) is 5.22 Å². The Morgan fingerprint density at radius 1 is 1.33 bits per heavy atom. The van der Waals surface area contributed by atoms with Gasteiger partial charge in [-0.1, -0.05) is 13.0 Å². The van der Waals surface area contributed by atoms with E-state index < -0.39 is 0 Å². The van der Waals surface area contributed by atoms with Crippen molar-refractivity contribution in [1.82, 2.24) is 5.32 Å². The van der Waals surface area contributed by atoms with Crippen molar-refractivity contribution >= 4 is 11.6 Å².